The van der Waals surface area contributed by atoms with Crippen LogP contribution in [-0.4, -0.2) is 17.6 Å². The zero-order valence-electron chi connectivity index (χ0n) is 8.63. The van der Waals surface area contributed by atoms with E-state index in [2.05, 4.69) is 21.2 Å². The molecule has 0 spiro atoms. The van der Waals surface area contributed by atoms with Crippen molar-refractivity contribution in [2.75, 3.05) is 11.9 Å². The molecule has 2 N–H and O–H groups in total. The Morgan fingerprint density at radius 3 is 2.94 bits per heavy atom. The maximum Gasteiger partial charge on any atom is 0.331 e. The number of anilines is 1. The van der Waals surface area contributed by atoms with E-state index in [-0.39, 0.29) is 17.9 Å². The second-order valence-corrected chi connectivity index (χ2v) is 4.11. The van der Waals surface area contributed by atoms with Crippen molar-refractivity contribution in [3.63, 3.8) is 0 Å². The second kappa shape index (κ2) is 5.65. The van der Waals surface area contributed by atoms with Gasteiger partial charge < -0.3 is 10.4 Å². The minimum absolute atomic E-state index is 0.225. The van der Waals surface area contributed by atoms with Crippen LogP contribution in [0.25, 0.3) is 0 Å². The zero-order valence-corrected chi connectivity index (χ0v) is 10.2. The number of benzene rings is 1. The molecule has 1 aromatic carbocycles. The first-order chi connectivity index (χ1) is 7.50. The molecule has 5 heteroatoms. The number of carboxylic acid groups (broad SMARTS) is 1. The van der Waals surface area contributed by atoms with Crippen LogP contribution >= 0.6 is 15.9 Å². The summed E-state index contributed by atoms with van der Waals surface area (Å²) < 4.78 is 14.0. The van der Waals surface area contributed by atoms with E-state index in [0.717, 1.165) is 4.47 Å². The van der Waals surface area contributed by atoms with Crippen LogP contribution in [0.2, 0.25) is 0 Å². The molecule has 0 unspecified atom stereocenters. The summed E-state index contributed by atoms with van der Waals surface area (Å²) in [7, 11) is 0. The Kier molecular flexibility index (Phi) is 4.49. The number of rotatable bonds is 4. The third-order valence-corrected chi connectivity index (χ3v) is 2.46. The average molecular weight is 288 g/mol. The summed E-state index contributed by atoms with van der Waals surface area (Å²) in [6.07, 6.45) is 1.49. The van der Waals surface area contributed by atoms with Crippen molar-refractivity contribution in [3.8, 4) is 0 Å². The highest BCUT2D eigenvalue weighted by molar-refractivity contribution is 9.10. The van der Waals surface area contributed by atoms with Crippen LogP contribution < -0.4 is 5.32 Å². The number of hydrogen-bond donors (Lipinski definition) is 2. The van der Waals surface area contributed by atoms with Gasteiger partial charge in [-0.25, -0.2) is 9.18 Å². The standard InChI is InChI=1S/C11H11BrFNO2/c1-7(11(15)16)4-5-14-10-6-8(12)2-3-9(10)13/h2-4,6,14H,5H2,1H3,(H,15,16)/b7-4-. The van der Waals surface area contributed by atoms with Gasteiger partial charge in [0.2, 0.25) is 0 Å². The first-order valence-corrected chi connectivity index (χ1v) is 5.39. The fourth-order valence-corrected chi connectivity index (χ4v) is 1.40. The van der Waals surface area contributed by atoms with Gasteiger partial charge in [0.25, 0.3) is 0 Å². The van der Waals surface area contributed by atoms with Gasteiger partial charge in [-0.05, 0) is 25.1 Å². The molecule has 0 aliphatic rings. The lowest BCUT2D eigenvalue weighted by atomic mass is 10.2. The topological polar surface area (TPSA) is 49.3 Å². The van der Waals surface area contributed by atoms with Crippen LogP contribution in [0.15, 0.2) is 34.3 Å². The Balaban J connectivity index is 2.65. The summed E-state index contributed by atoms with van der Waals surface area (Å²) in [5, 5.41) is 11.4. The molecule has 3 nitrogen and oxygen atoms in total. The first kappa shape index (κ1) is 12.7. The number of halogens is 2. The molecule has 1 rings (SSSR count). The molecule has 0 aliphatic heterocycles. The van der Waals surface area contributed by atoms with Gasteiger partial charge in [0, 0.05) is 16.6 Å². The number of carbonyl (C=O) groups is 1. The van der Waals surface area contributed by atoms with Crippen LogP contribution in [0.4, 0.5) is 10.1 Å². The van der Waals surface area contributed by atoms with Gasteiger partial charge in [0.05, 0.1) is 5.69 Å². The van der Waals surface area contributed by atoms with Crippen molar-refractivity contribution >= 4 is 27.6 Å². The van der Waals surface area contributed by atoms with E-state index in [1.54, 1.807) is 12.1 Å². The van der Waals surface area contributed by atoms with Crippen molar-refractivity contribution in [3.05, 3.63) is 40.1 Å². The average Bonchev–Trinajstić information content (AvgIpc) is 2.22. The number of aliphatic carboxylic acids is 1. The minimum Gasteiger partial charge on any atom is -0.478 e. The van der Waals surface area contributed by atoms with Crippen molar-refractivity contribution in [1.29, 1.82) is 0 Å². The smallest absolute Gasteiger partial charge is 0.331 e. The van der Waals surface area contributed by atoms with Crippen LogP contribution in [0.5, 0.6) is 0 Å². The minimum atomic E-state index is -0.975. The molecule has 0 saturated carbocycles. The molecular weight excluding hydrogens is 277 g/mol. The number of nitrogens with one attached hydrogen (secondary N) is 1. The summed E-state index contributed by atoms with van der Waals surface area (Å²) in [5.41, 5.74) is 0.562. The maximum absolute atomic E-state index is 13.2. The van der Waals surface area contributed by atoms with Crippen molar-refractivity contribution in [2.45, 2.75) is 6.92 Å². The molecular formula is C11H11BrFNO2. The van der Waals surface area contributed by atoms with E-state index in [0.29, 0.717) is 5.69 Å². The Bertz CT molecular complexity index is 432. The van der Waals surface area contributed by atoms with Gasteiger partial charge in [0.1, 0.15) is 5.82 Å². The molecule has 0 saturated heterocycles. The van der Waals surface area contributed by atoms with E-state index in [9.17, 15) is 9.18 Å². The van der Waals surface area contributed by atoms with E-state index >= 15 is 0 Å². The van der Waals surface area contributed by atoms with Crippen molar-refractivity contribution < 1.29 is 14.3 Å². The molecule has 0 heterocycles. The molecule has 86 valence electrons. The quantitative estimate of drug-likeness (QED) is 0.837. The number of carboxylic acids is 1. The normalized spacial score (nSPS) is 11.3. The first-order valence-electron chi connectivity index (χ1n) is 4.59. The second-order valence-electron chi connectivity index (χ2n) is 3.20. The van der Waals surface area contributed by atoms with Crippen LogP contribution in [0, 0.1) is 5.82 Å². The summed E-state index contributed by atoms with van der Waals surface area (Å²) in [4.78, 5) is 10.5. The fraction of sp³-hybridized carbons (Fsp3) is 0.182. The number of hydrogen-bond acceptors (Lipinski definition) is 2. The van der Waals surface area contributed by atoms with Crippen molar-refractivity contribution in [2.24, 2.45) is 0 Å². The van der Waals surface area contributed by atoms with Gasteiger partial charge in [-0.15, -0.1) is 0 Å². The molecule has 0 fully saturated rings. The van der Waals surface area contributed by atoms with Gasteiger partial charge in [-0.1, -0.05) is 22.0 Å². The molecule has 0 aliphatic carbocycles. The Morgan fingerprint density at radius 2 is 2.31 bits per heavy atom. The zero-order chi connectivity index (χ0) is 12.1. The van der Waals surface area contributed by atoms with E-state index in [1.165, 1.54) is 19.1 Å². The van der Waals surface area contributed by atoms with Crippen LogP contribution in [0.3, 0.4) is 0 Å². The third kappa shape index (κ3) is 3.66. The predicted octanol–water partition coefficient (Wildman–Crippen LogP) is 3.03. The highest BCUT2D eigenvalue weighted by Crippen LogP contribution is 2.19. The van der Waals surface area contributed by atoms with Gasteiger partial charge in [-0.2, -0.15) is 0 Å². The molecule has 1 aromatic rings. The summed E-state index contributed by atoms with van der Waals surface area (Å²) in [6, 6.07) is 4.53. The fourth-order valence-electron chi connectivity index (χ4n) is 1.03. The largest absolute Gasteiger partial charge is 0.478 e. The molecule has 16 heavy (non-hydrogen) atoms. The highest BCUT2D eigenvalue weighted by atomic mass is 79.9. The summed E-state index contributed by atoms with van der Waals surface area (Å²) >= 11 is 3.22. The van der Waals surface area contributed by atoms with Gasteiger partial charge in [-0.3, -0.25) is 0 Å². The predicted molar refractivity (Wildman–Crippen MR) is 64.0 cm³/mol. The molecule has 0 atom stereocenters. The molecule has 0 bridgehead atoms. The Labute approximate surface area is 101 Å². The third-order valence-electron chi connectivity index (χ3n) is 1.97. The lowest BCUT2D eigenvalue weighted by Crippen LogP contribution is -2.04. The van der Waals surface area contributed by atoms with Gasteiger partial charge >= 0.3 is 5.97 Å². The lowest BCUT2D eigenvalue weighted by molar-refractivity contribution is -0.132. The lowest BCUT2D eigenvalue weighted by Gasteiger charge is -2.05. The molecule has 0 amide bonds. The molecule has 0 aromatic heterocycles. The van der Waals surface area contributed by atoms with Crippen LogP contribution in [0.1, 0.15) is 6.92 Å². The summed E-state index contributed by atoms with van der Waals surface area (Å²) in [5.74, 6) is -1.35. The van der Waals surface area contributed by atoms with E-state index < -0.39 is 5.97 Å². The maximum atomic E-state index is 13.2. The highest BCUT2D eigenvalue weighted by Gasteiger charge is 2.02. The van der Waals surface area contributed by atoms with Crippen molar-refractivity contribution in [1.82, 2.24) is 0 Å². The Morgan fingerprint density at radius 1 is 1.62 bits per heavy atom. The van der Waals surface area contributed by atoms with Crippen LogP contribution in [-0.2, 0) is 4.79 Å². The Hall–Kier alpha value is -1.36. The van der Waals surface area contributed by atoms with E-state index in [1.807, 2.05) is 0 Å². The monoisotopic (exact) mass is 287 g/mol. The van der Waals surface area contributed by atoms with E-state index in [4.69, 9.17) is 5.11 Å². The SMILES string of the molecule is C/C(=C/CNc1cc(Br)ccc1F)C(=O)O. The summed E-state index contributed by atoms with van der Waals surface area (Å²) in [6.45, 7) is 1.76. The molecule has 0 radical (unpaired) electrons. The van der Waals surface area contributed by atoms with Gasteiger partial charge in [0.15, 0.2) is 0 Å².